The number of benzene rings is 2. The number of nitrogens with two attached hydrogens (primary N) is 1. The van der Waals surface area contributed by atoms with Gasteiger partial charge in [-0.2, -0.15) is 0 Å². The molecule has 0 saturated carbocycles. The molecular formula is C26H27N7O. The summed E-state index contributed by atoms with van der Waals surface area (Å²) in [6, 6.07) is 16.7. The molecule has 0 radical (unpaired) electrons. The van der Waals surface area contributed by atoms with Crippen LogP contribution in [0.15, 0.2) is 54.7 Å². The topological polar surface area (TPSA) is 93.3 Å². The van der Waals surface area contributed by atoms with Crippen LogP contribution >= 0.6 is 0 Å². The third-order valence-corrected chi connectivity index (χ3v) is 6.54. The average Bonchev–Trinajstić information content (AvgIpc) is 2.88. The molecule has 0 aliphatic carbocycles. The van der Waals surface area contributed by atoms with Gasteiger partial charge in [0, 0.05) is 55.4 Å². The number of morpholine rings is 1. The Labute approximate surface area is 198 Å². The fourth-order valence-electron chi connectivity index (χ4n) is 4.79. The van der Waals surface area contributed by atoms with Crippen LogP contribution in [-0.2, 0) is 24.2 Å². The number of rotatable bonds is 4. The van der Waals surface area contributed by atoms with Crippen LogP contribution in [0.4, 0.5) is 11.8 Å². The first-order chi connectivity index (χ1) is 16.7. The third-order valence-electron chi connectivity index (χ3n) is 6.54. The molecule has 4 aromatic rings. The third kappa shape index (κ3) is 4.18. The molecule has 2 N–H and O–H groups in total. The summed E-state index contributed by atoms with van der Waals surface area (Å²) >= 11 is 0. The molecule has 8 heteroatoms. The molecule has 0 atom stereocenters. The van der Waals surface area contributed by atoms with Crippen molar-refractivity contribution in [1.29, 1.82) is 0 Å². The number of nitrogens with zero attached hydrogens (tertiary/aromatic N) is 6. The van der Waals surface area contributed by atoms with Crippen molar-refractivity contribution in [2.45, 2.75) is 19.5 Å². The van der Waals surface area contributed by atoms with E-state index in [0.29, 0.717) is 0 Å². The minimum atomic E-state index is 0.276. The van der Waals surface area contributed by atoms with Gasteiger partial charge in [0.05, 0.1) is 24.4 Å². The van der Waals surface area contributed by atoms with E-state index in [-0.39, 0.29) is 5.95 Å². The quantitative estimate of drug-likeness (QED) is 0.504. The van der Waals surface area contributed by atoms with Gasteiger partial charge in [-0.25, -0.2) is 19.9 Å². The van der Waals surface area contributed by atoms with Gasteiger partial charge in [-0.05, 0) is 30.2 Å². The molecule has 2 aliphatic rings. The number of hydrogen-bond acceptors (Lipinski definition) is 8. The Morgan fingerprint density at radius 3 is 2.65 bits per heavy atom. The Kier molecular flexibility index (Phi) is 5.52. The highest BCUT2D eigenvalue weighted by Crippen LogP contribution is 2.31. The van der Waals surface area contributed by atoms with Crippen LogP contribution in [0.5, 0.6) is 0 Å². The second-order valence-electron chi connectivity index (χ2n) is 8.84. The van der Waals surface area contributed by atoms with Crippen molar-refractivity contribution in [3.05, 3.63) is 71.5 Å². The summed E-state index contributed by atoms with van der Waals surface area (Å²) in [6.07, 6.45) is 2.70. The van der Waals surface area contributed by atoms with Crippen LogP contribution in [-0.4, -0.2) is 57.7 Å². The lowest BCUT2D eigenvalue weighted by Gasteiger charge is -2.34. The number of aromatic nitrogens is 4. The Balaban J connectivity index is 1.39. The monoisotopic (exact) mass is 453 g/mol. The molecule has 2 aromatic carbocycles. The van der Waals surface area contributed by atoms with Crippen molar-refractivity contribution in [3.8, 4) is 11.4 Å². The van der Waals surface area contributed by atoms with E-state index in [9.17, 15) is 0 Å². The van der Waals surface area contributed by atoms with E-state index in [4.69, 9.17) is 20.4 Å². The number of hydrogen-bond donors (Lipinski definition) is 1. The number of nitrogen functional groups attached to an aromatic ring is 1. The van der Waals surface area contributed by atoms with E-state index in [1.807, 2.05) is 18.2 Å². The Morgan fingerprint density at radius 1 is 0.941 bits per heavy atom. The lowest BCUT2D eigenvalue weighted by atomic mass is 10.0. The van der Waals surface area contributed by atoms with Crippen molar-refractivity contribution < 1.29 is 4.74 Å². The zero-order valence-electron chi connectivity index (χ0n) is 19.0. The Morgan fingerprint density at radius 2 is 1.79 bits per heavy atom. The molecule has 0 amide bonds. The second-order valence-corrected chi connectivity index (χ2v) is 8.84. The van der Waals surface area contributed by atoms with Crippen molar-refractivity contribution in [2.75, 3.05) is 43.5 Å². The summed E-state index contributed by atoms with van der Waals surface area (Å²) in [5, 5.41) is 0.923. The summed E-state index contributed by atoms with van der Waals surface area (Å²) in [5.74, 6) is 2.07. The molecule has 4 heterocycles. The number of anilines is 2. The van der Waals surface area contributed by atoms with E-state index in [0.717, 1.165) is 86.2 Å². The molecule has 2 aliphatic heterocycles. The molecule has 6 rings (SSSR count). The summed E-state index contributed by atoms with van der Waals surface area (Å²) in [4.78, 5) is 23.5. The molecule has 34 heavy (non-hydrogen) atoms. The molecule has 1 fully saturated rings. The summed E-state index contributed by atoms with van der Waals surface area (Å²) < 4.78 is 5.60. The maximum atomic E-state index is 5.75. The lowest BCUT2D eigenvalue weighted by molar-refractivity contribution is 0.122. The first-order valence-electron chi connectivity index (χ1n) is 11.7. The lowest BCUT2D eigenvalue weighted by Crippen LogP contribution is -2.39. The minimum Gasteiger partial charge on any atom is -0.378 e. The fraction of sp³-hybridized carbons (Fsp3) is 0.308. The molecule has 2 aromatic heterocycles. The van der Waals surface area contributed by atoms with Gasteiger partial charge in [0.2, 0.25) is 5.95 Å². The first kappa shape index (κ1) is 20.9. The average molecular weight is 454 g/mol. The molecule has 1 saturated heterocycles. The van der Waals surface area contributed by atoms with E-state index < -0.39 is 0 Å². The smallest absolute Gasteiger partial charge is 0.220 e. The van der Waals surface area contributed by atoms with Crippen LogP contribution in [0.25, 0.3) is 22.3 Å². The van der Waals surface area contributed by atoms with Crippen LogP contribution in [0, 0.1) is 0 Å². The Bertz CT molecular complexity index is 1320. The maximum Gasteiger partial charge on any atom is 0.220 e. The van der Waals surface area contributed by atoms with Gasteiger partial charge in [0.25, 0.3) is 0 Å². The van der Waals surface area contributed by atoms with Gasteiger partial charge >= 0.3 is 0 Å². The minimum absolute atomic E-state index is 0.276. The van der Waals surface area contributed by atoms with Crippen molar-refractivity contribution >= 4 is 22.7 Å². The van der Waals surface area contributed by atoms with Gasteiger partial charge in [-0.1, -0.05) is 30.3 Å². The van der Waals surface area contributed by atoms with Crippen LogP contribution in [0.1, 0.15) is 16.8 Å². The van der Waals surface area contributed by atoms with E-state index in [2.05, 4.69) is 50.1 Å². The molecule has 0 spiro atoms. The van der Waals surface area contributed by atoms with Gasteiger partial charge in [-0.3, -0.25) is 4.90 Å². The van der Waals surface area contributed by atoms with Crippen molar-refractivity contribution in [2.24, 2.45) is 0 Å². The highest BCUT2D eigenvalue weighted by molar-refractivity contribution is 5.83. The Hall–Kier alpha value is -3.62. The normalized spacial score (nSPS) is 16.5. The first-order valence-corrected chi connectivity index (χ1v) is 11.7. The zero-order valence-corrected chi connectivity index (χ0v) is 19.0. The summed E-state index contributed by atoms with van der Waals surface area (Å²) in [7, 11) is 0. The van der Waals surface area contributed by atoms with E-state index in [1.54, 1.807) is 6.20 Å². The van der Waals surface area contributed by atoms with E-state index >= 15 is 0 Å². The predicted molar refractivity (Wildman–Crippen MR) is 132 cm³/mol. The predicted octanol–water partition coefficient (Wildman–Crippen LogP) is 3.06. The highest BCUT2D eigenvalue weighted by atomic mass is 16.5. The van der Waals surface area contributed by atoms with Crippen LogP contribution < -0.4 is 10.6 Å². The van der Waals surface area contributed by atoms with E-state index in [1.165, 1.54) is 11.1 Å². The van der Waals surface area contributed by atoms with Crippen LogP contribution in [0.2, 0.25) is 0 Å². The molecule has 0 unspecified atom stereocenters. The second kappa shape index (κ2) is 8.96. The molecular weight excluding hydrogens is 426 g/mol. The highest BCUT2D eigenvalue weighted by Gasteiger charge is 2.26. The van der Waals surface area contributed by atoms with Gasteiger partial charge in [0.15, 0.2) is 5.82 Å². The number of fused-ring (bicyclic) bond motifs is 2. The molecule has 172 valence electrons. The number of ether oxygens (including phenoxy) is 1. The summed E-state index contributed by atoms with van der Waals surface area (Å²) in [5.41, 5.74) is 11.2. The standard InChI is InChI=1S/C26H27N7O/c27-26-28-15-20-14-19(6-7-22(20)30-26)24-29-23-17-32(16-18-4-2-1-3-5-18)9-8-21(23)25(31-24)33-10-12-34-13-11-33/h1-7,14-15H,8-13,16-17H2,(H2,27,28,30). The largest absolute Gasteiger partial charge is 0.378 e. The van der Waals surface area contributed by atoms with Gasteiger partial charge < -0.3 is 15.4 Å². The zero-order chi connectivity index (χ0) is 22.9. The maximum absolute atomic E-state index is 5.75. The molecule has 0 bridgehead atoms. The fourth-order valence-corrected chi connectivity index (χ4v) is 4.79. The van der Waals surface area contributed by atoms with Crippen molar-refractivity contribution in [3.63, 3.8) is 0 Å². The SMILES string of the molecule is Nc1ncc2cc(-c3nc4c(c(N5CCOCC5)n3)CCN(Cc3ccccc3)C4)ccc2n1. The van der Waals surface area contributed by atoms with Gasteiger partial charge in [-0.15, -0.1) is 0 Å². The van der Waals surface area contributed by atoms with Gasteiger partial charge in [0.1, 0.15) is 5.82 Å². The van der Waals surface area contributed by atoms with Crippen molar-refractivity contribution in [1.82, 2.24) is 24.8 Å². The van der Waals surface area contributed by atoms with Crippen LogP contribution in [0.3, 0.4) is 0 Å². The molecule has 8 nitrogen and oxygen atoms in total. The summed E-state index contributed by atoms with van der Waals surface area (Å²) in [6.45, 7) is 5.87.